The molecule has 0 saturated carbocycles. The van der Waals surface area contributed by atoms with E-state index < -0.39 is 5.41 Å². The molecule has 0 aromatic heterocycles. The Hall–Kier alpha value is -1.35. The van der Waals surface area contributed by atoms with E-state index in [9.17, 15) is 4.79 Å². The second-order valence-corrected chi connectivity index (χ2v) is 4.79. The minimum atomic E-state index is -0.394. The van der Waals surface area contributed by atoms with Gasteiger partial charge in [0.05, 0.1) is 6.61 Å². The summed E-state index contributed by atoms with van der Waals surface area (Å²) in [6, 6.07) is 10.1. The van der Waals surface area contributed by atoms with E-state index in [1.165, 1.54) is 5.56 Å². The Bertz CT molecular complexity index is 346. The number of methoxy groups -OCH3 is 1. The molecule has 3 heteroatoms. The number of amides is 1. The summed E-state index contributed by atoms with van der Waals surface area (Å²) >= 11 is 0. The summed E-state index contributed by atoms with van der Waals surface area (Å²) in [5.74, 6) is 0.0680. The normalized spacial score (nSPS) is 11.2. The highest BCUT2D eigenvalue weighted by molar-refractivity contribution is 5.82. The molecular formula is C14H21NO2. The number of nitrogens with one attached hydrogen (secondary N) is 1. The lowest BCUT2D eigenvalue weighted by Gasteiger charge is -2.23. The van der Waals surface area contributed by atoms with Crippen molar-refractivity contribution >= 4 is 5.91 Å². The second-order valence-electron chi connectivity index (χ2n) is 4.79. The lowest BCUT2D eigenvalue weighted by Crippen LogP contribution is -2.39. The molecule has 0 radical (unpaired) electrons. The molecule has 0 aliphatic heterocycles. The van der Waals surface area contributed by atoms with Crippen LogP contribution in [-0.4, -0.2) is 26.2 Å². The van der Waals surface area contributed by atoms with Crippen molar-refractivity contribution in [3.63, 3.8) is 0 Å². The fraction of sp³-hybridized carbons (Fsp3) is 0.500. The number of hydrogen-bond acceptors (Lipinski definition) is 2. The van der Waals surface area contributed by atoms with Gasteiger partial charge in [0.2, 0.25) is 5.91 Å². The zero-order valence-electron chi connectivity index (χ0n) is 10.8. The van der Waals surface area contributed by atoms with Crippen molar-refractivity contribution in [2.24, 2.45) is 5.41 Å². The largest absolute Gasteiger partial charge is 0.383 e. The zero-order chi connectivity index (χ0) is 12.7. The van der Waals surface area contributed by atoms with Gasteiger partial charge in [-0.15, -0.1) is 0 Å². The molecule has 94 valence electrons. The van der Waals surface area contributed by atoms with Gasteiger partial charge in [-0.3, -0.25) is 4.79 Å². The van der Waals surface area contributed by atoms with Gasteiger partial charge < -0.3 is 10.1 Å². The third-order valence-electron chi connectivity index (χ3n) is 2.70. The molecule has 0 spiro atoms. The molecule has 3 nitrogen and oxygen atoms in total. The van der Waals surface area contributed by atoms with E-state index in [-0.39, 0.29) is 5.91 Å². The summed E-state index contributed by atoms with van der Waals surface area (Å²) in [7, 11) is 1.63. The summed E-state index contributed by atoms with van der Waals surface area (Å²) in [6.07, 6.45) is 0.743. The van der Waals surface area contributed by atoms with E-state index >= 15 is 0 Å². The van der Waals surface area contributed by atoms with Crippen LogP contribution in [0.15, 0.2) is 30.3 Å². The van der Waals surface area contributed by atoms with Gasteiger partial charge in [-0.25, -0.2) is 0 Å². The Balaban J connectivity index is 2.52. The minimum absolute atomic E-state index is 0.0680. The van der Waals surface area contributed by atoms with Crippen LogP contribution < -0.4 is 5.32 Å². The molecule has 1 aromatic carbocycles. The molecule has 1 rings (SSSR count). The van der Waals surface area contributed by atoms with Crippen LogP contribution in [0.3, 0.4) is 0 Å². The van der Waals surface area contributed by atoms with Gasteiger partial charge in [-0.1, -0.05) is 44.2 Å². The van der Waals surface area contributed by atoms with E-state index in [4.69, 9.17) is 4.74 Å². The maximum Gasteiger partial charge on any atom is 0.226 e. The lowest BCUT2D eigenvalue weighted by atomic mass is 9.85. The van der Waals surface area contributed by atoms with Crippen LogP contribution in [0.4, 0.5) is 0 Å². The molecule has 1 N–H and O–H groups in total. The predicted molar refractivity (Wildman–Crippen MR) is 68.8 cm³/mol. The molecule has 1 aromatic rings. The Morgan fingerprint density at radius 3 is 2.53 bits per heavy atom. The van der Waals surface area contributed by atoms with Crippen LogP contribution in [0, 0.1) is 5.41 Å². The molecule has 0 atom stereocenters. The van der Waals surface area contributed by atoms with Crippen LogP contribution in [-0.2, 0) is 16.0 Å². The predicted octanol–water partition coefficient (Wildman–Crippen LogP) is 2.02. The number of carbonyl (C=O) groups excluding carboxylic acids is 1. The average molecular weight is 235 g/mol. The fourth-order valence-electron chi connectivity index (χ4n) is 1.69. The van der Waals surface area contributed by atoms with Crippen molar-refractivity contribution in [3.8, 4) is 0 Å². The van der Waals surface area contributed by atoms with Crippen molar-refractivity contribution in [1.29, 1.82) is 0 Å². The maximum absolute atomic E-state index is 12.0. The molecule has 0 heterocycles. The summed E-state index contributed by atoms with van der Waals surface area (Å²) in [6.45, 7) is 5.03. The van der Waals surface area contributed by atoms with E-state index in [1.54, 1.807) is 7.11 Å². The van der Waals surface area contributed by atoms with Gasteiger partial charge >= 0.3 is 0 Å². The first-order valence-electron chi connectivity index (χ1n) is 5.87. The highest BCUT2D eigenvalue weighted by atomic mass is 16.5. The highest BCUT2D eigenvalue weighted by Gasteiger charge is 2.27. The minimum Gasteiger partial charge on any atom is -0.383 e. The number of carbonyl (C=O) groups is 1. The van der Waals surface area contributed by atoms with Crippen molar-refractivity contribution in [3.05, 3.63) is 35.9 Å². The van der Waals surface area contributed by atoms with E-state index in [1.807, 2.05) is 44.2 Å². The SMILES string of the molecule is COCCNC(=O)C(C)(C)Cc1ccccc1. The number of benzene rings is 1. The monoisotopic (exact) mass is 235 g/mol. The standard InChI is InChI=1S/C14H21NO2/c1-14(2,13(16)15-9-10-17-3)11-12-7-5-4-6-8-12/h4-8H,9-11H2,1-3H3,(H,15,16). The number of ether oxygens (including phenoxy) is 1. The smallest absolute Gasteiger partial charge is 0.226 e. The first-order valence-corrected chi connectivity index (χ1v) is 5.87. The number of hydrogen-bond donors (Lipinski definition) is 1. The molecule has 0 fully saturated rings. The first kappa shape index (κ1) is 13.7. The van der Waals surface area contributed by atoms with Gasteiger partial charge in [0, 0.05) is 19.1 Å². The maximum atomic E-state index is 12.0. The van der Waals surface area contributed by atoms with Gasteiger partial charge in [0.25, 0.3) is 0 Å². The lowest BCUT2D eigenvalue weighted by molar-refractivity contribution is -0.129. The van der Waals surface area contributed by atoms with Crippen molar-refractivity contribution < 1.29 is 9.53 Å². The summed E-state index contributed by atoms with van der Waals surface area (Å²) in [5, 5.41) is 2.88. The van der Waals surface area contributed by atoms with Crippen LogP contribution in [0.1, 0.15) is 19.4 Å². The Kier molecular flexibility index (Phi) is 5.16. The second kappa shape index (κ2) is 6.40. The van der Waals surface area contributed by atoms with Gasteiger partial charge in [0.1, 0.15) is 0 Å². The molecule has 1 amide bonds. The van der Waals surface area contributed by atoms with Gasteiger partial charge in [0.15, 0.2) is 0 Å². The molecule has 0 unspecified atom stereocenters. The molecule has 17 heavy (non-hydrogen) atoms. The average Bonchev–Trinajstić information content (AvgIpc) is 2.30. The van der Waals surface area contributed by atoms with Crippen LogP contribution in [0.25, 0.3) is 0 Å². The summed E-state index contributed by atoms with van der Waals surface area (Å²) < 4.78 is 4.91. The van der Waals surface area contributed by atoms with Crippen LogP contribution >= 0.6 is 0 Å². The van der Waals surface area contributed by atoms with Crippen molar-refractivity contribution in [1.82, 2.24) is 5.32 Å². The molecule has 0 aliphatic rings. The quantitative estimate of drug-likeness (QED) is 0.766. The van der Waals surface area contributed by atoms with Crippen molar-refractivity contribution in [2.75, 3.05) is 20.3 Å². The number of rotatable bonds is 6. The highest BCUT2D eigenvalue weighted by Crippen LogP contribution is 2.21. The molecule has 0 saturated heterocycles. The third-order valence-corrected chi connectivity index (χ3v) is 2.70. The van der Waals surface area contributed by atoms with Gasteiger partial charge in [-0.05, 0) is 12.0 Å². The summed E-state index contributed by atoms with van der Waals surface area (Å²) in [5.41, 5.74) is 0.786. The topological polar surface area (TPSA) is 38.3 Å². The van der Waals surface area contributed by atoms with E-state index in [0.29, 0.717) is 13.2 Å². The fourth-order valence-corrected chi connectivity index (χ4v) is 1.69. The zero-order valence-corrected chi connectivity index (χ0v) is 10.8. The Labute approximate surface area is 103 Å². The molecular weight excluding hydrogens is 214 g/mol. The van der Waals surface area contributed by atoms with Crippen molar-refractivity contribution in [2.45, 2.75) is 20.3 Å². The summed E-state index contributed by atoms with van der Waals surface area (Å²) in [4.78, 5) is 12.0. The van der Waals surface area contributed by atoms with Gasteiger partial charge in [-0.2, -0.15) is 0 Å². The van der Waals surface area contributed by atoms with Crippen LogP contribution in [0.2, 0.25) is 0 Å². The Morgan fingerprint density at radius 1 is 1.29 bits per heavy atom. The van der Waals surface area contributed by atoms with E-state index in [0.717, 1.165) is 6.42 Å². The Morgan fingerprint density at radius 2 is 1.94 bits per heavy atom. The molecule has 0 bridgehead atoms. The molecule has 0 aliphatic carbocycles. The van der Waals surface area contributed by atoms with Crippen LogP contribution in [0.5, 0.6) is 0 Å². The first-order chi connectivity index (χ1) is 8.06. The van der Waals surface area contributed by atoms with E-state index in [2.05, 4.69) is 5.32 Å². The third kappa shape index (κ3) is 4.57.